The first kappa shape index (κ1) is 21.0. The van der Waals surface area contributed by atoms with Crippen molar-refractivity contribution in [2.24, 2.45) is 11.8 Å². The van der Waals surface area contributed by atoms with Gasteiger partial charge in [-0.3, -0.25) is 24.1 Å². The third kappa shape index (κ3) is 4.49. The van der Waals surface area contributed by atoms with Crippen molar-refractivity contribution in [3.63, 3.8) is 0 Å². The molecule has 7 nitrogen and oxygen atoms in total. The van der Waals surface area contributed by atoms with Crippen LogP contribution in [0.1, 0.15) is 56.3 Å². The molecular formula is C22H29N3O4. The molecule has 2 atom stereocenters. The molecule has 1 saturated heterocycles. The molecule has 4 amide bonds. The van der Waals surface area contributed by atoms with Gasteiger partial charge in [-0.1, -0.05) is 12.8 Å². The van der Waals surface area contributed by atoms with Gasteiger partial charge >= 0.3 is 0 Å². The van der Waals surface area contributed by atoms with Crippen LogP contribution in [0.3, 0.4) is 0 Å². The number of anilines is 1. The molecule has 1 saturated carbocycles. The van der Waals surface area contributed by atoms with Crippen molar-refractivity contribution in [2.45, 2.75) is 46.0 Å². The fourth-order valence-corrected chi connectivity index (χ4v) is 4.28. The summed E-state index contributed by atoms with van der Waals surface area (Å²) in [5.74, 6) is -0.910. The van der Waals surface area contributed by atoms with E-state index in [2.05, 4.69) is 5.32 Å². The maximum Gasteiger partial charge on any atom is 0.253 e. The third-order valence-electron chi connectivity index (χ3n) is 5.96. The summed E-state index contributed by atoms with van der Waals surface area (Å²) in [6.07, 6.45) is 3.59. The zero-order valence-electron chi connectivity index (χ0n) is 17.1. The summed E-state index contributed by atoms with van der Waals surface area (Å²) < 4.78 is 0. The summed E-state index contributed by atoms with van der Waals surface area (Å²) in [7, 11) is 0. The number of nitrogens with zero attached hydrogens (tertiary/aromatic N) is 2. The molecule has 29 heavy (non-hydrogen) atoms. The number of carbonyl (C=O) groups excluding carboxylic acids is 4. The van der Waals surface area contributed by atoms with Crippen LogP contribution in [0.2, 0.25) is 0 Å². The summed E-state index contributed by atoms with van der Waals surface area (Å²) in [6, 6.07) is 6.76. The monoisotopic (exact) mass is 399 g/mol. The summed E-state index contributed by atoms with van der Waals surface area (Å²) >= 11 is 0. The van der Waals surface area contributed by atoms with E-state index in [0.717, 1.165) is 25.7 Å². The van der Waals surface area contributed by atoms with E-state index in [1.807, 2.05) is 13.8 Å². The Bertz CT molecular complexity index is 762. The second-order valence-electron chi connectivity index (χ2n) is 7.68. The van der Waals surface area contributed by atoms with Crippen LogP contribution in [-0.4, -0.2) is 53.1 Å². The van der Waals surface area contributed by atoms with E-state index in [0.29, 0.717) is 24.3 Å². The van der Waals surface area contributed by atoms with Crippen LogP contribution < -0.4 is 5.32 Å². The lowest BCUT2D eigenvalue weighted by Crippen LogP contribution is -2.34. The molecule has 0 bridgehead atoms. The Morgan fingerprint density at radius 3 is 2.07 bits per heavy atom. The fourth-order valence-electron chi connectivity index (χ4n) is 4.28. The van der Waals surface area contributed by atoms with Gasteiger partial charge in [-0.15, -0.1) is 0 Å². The number of likely N-dealkylation sites (tertiary alicyclic amines) is 1. The molecular weight excluding hydrogens is 370 g/mol. The van der Waals surface area contributed by atoms with Crippen molar-refractivity contribution in [1.29, 1.82) is 0 Å². The molecule has 0 spiro atoms. The molecule has 1 heterocycles. The van der Waals surface area contributed by atoms with E-state index in [-0.39, 0.29) is 48.4 Å². The quantitative estimate of drug-likeness (QED) is 0.714. The van der Waals surface area contributed by atoms with Crippen LogP contribution in [0.4, 0.5) is 5.69 Å². The SMILES string of the molecule is CCN(CC)C(=O)c1ccc(NC(=O)CCN2C(=O)C3CCCCC3C2=O)cc1. The van der Waals surface area contributed by atoms with E-state index < -0.39 is 0 Å². The average molecular weight is 399 g/mol. The maximum absolute atomic E-state index is 12.5. The molecule has 2 fully saturated rings. The van der Waals surface area contributed by atoms with Gasteiger partial charge < -0.3 is 10.2 Å². The highest BCUT2D eigenvalue weighted by Gasteiger charge is 2.47. The van der Waals surface area contributed by atoms with Crippen molar-refractivity contribution in [1.82, 2.24) is 9.80 Å². The third-order valence-corrected chi connectivity index (χ3v) is 5.96. The number of rotatable bonds is 7. The molecule has 1 aromatic carbocycles. The topological polar surface area (TPSA) is 86.8 Å². The normalized spacial score (nSPS) is 21.1. The highest BCUT2D eigenvalue weighted by atomic mass is 16.2. The van der Waals surface area contributed by atoms with Gasteiger partial charge in [0.2, 0.25) is 17.7 Å². The lowest BCUT2D eigenvalue weighted by atomic mass is 9.81. The highest BCUT2D eigenvalue weighted by molar-refractivity contribution is 6.05. The van der Waals surface area contributed by atoms with Crippen molar-refractivity contribution in [2.75, 3.05) is 25.0 Å². The van der Waals surface area contributed by atoms with Crippen LogP contribution in [0, 0.1) is 11.8 Å². The van der Waals surface area contributed by atoms with Gasteiger partial charge in [0.25, 0.3) is 5.91 Å². The number of benzene rings is 1. The van der Waals surface area contributed by atoms with Gasteiger partial charge in [0.05, 0.1) is 11.8 Å². The predicted octanol–water partition coefficient (Wildman–Crippen LogP) is 2.67. The number of imide groups is 1. The van der Waals surface area contributed by atoms with Gasteiger partial charge in [0.15, 0.2) is 0 Å². The molecule has 1 aromatic rings. The molecule has 0 radical (unpaired) electrons. The summed E-state index contributed by atoms with van der Waals surface area (Å²) in [4.78, 5) is 52.5. The smallest absolute Gasteiger partial charge is 0.253 e. The minimum absolute atomic E-state index is 0.0413. The number of nitrogens with one attached hydrogen (secondary N) is 1. The van der Waals surface area contributed by atoms with Gasteiger partial charge in [-0.25, -0.2) is 0 Å². The Hall–Kier alpha value is -2.70. The van der Waals surface area contributed by atoms with Crippen LogP contribution >= 0.6 is 0 Å². The zero-order valence-corrected chi connectivity index (χ0v) is 17.1. The van der Waals surface area contributed by atoms with Crippen LogP contribution in [-0.2, 0) is 14.4 Å². The molecule has 1 N–H and O–H groups in total. The number of amides is 4. The second kappa shape index (κ2) is 9.20. The summed E-state index contributed by atoms with van der Waals surface area (Å²) in [6.45, 7) is 5.27. The minimum atomic E-state index is -0.261. The maximum atomic E-state index is 12.5. The predicted molar refractivity (Wildman–Crippen MR) is 109 cm³/mol. The molecule has 3 rings (SSSR count). The number of carbonyl (C=O) groups is 4. The van der Waals surface area contributed by atoms with E-state index >= 15 is 0 Å². The molecule has 0 aromatic heterocycles. The Morgan fingerprint density at radius 2 is 1.55 bits per heavy atom. The van der Waals surface area contributed by atoms with Crippen molar-refractivity contribution in [3.8, 4) is 0 Å². The number of hydrogen-bond acceptors (Lipinski definition) is 4. The fraction of sp³-hybridized carbons (Fsp3) is 0.545. The largest absolute Gasteiger partial charge is 0.339 e. The highest BCUT2D eigenvalue weighted by Crippen LogP contribution is 2.37. The molecule has 156 valence electrons. The Kier molecular flexibility index (Phi) is 6.67. The molecule has 1 aliphatic carbocycles. The standard InChI is InChI=1S/C22H29N3O4/c1-3-24(4-2)20(27)15-9-11-16(12-10-15)23-19(26)13-14-25-21(28)17-7-5-6-8-18(17)22(25)29/h9-12,17-18H,3-8,13-14H2,1-2H3,(H,23,26). The molecule has 2 unspecified atom stereocenters. The van der Waals surface area contributed by atoms with Gasteiger partial charge in [0.1, 0.15) is 0 Å². The molecule has 2 aliphatic rings. The lowest BCUT2D eigenvalue weighted by molar-refractivity contribution is -0.140. The van der Waals surface area contributed by atoms with E-state index in [1.165, 1.54) is 4.90 Å². The number of hydrogen-bond donors (Lipinski definition) is 1. The van der Waals surface area contributed by atoms with Crippen LogP contribution in [0.5, 0.6) is 0 Å². The van der Waals surface area contributed by atoms with E-state index in [9.17, 15) is 19.2 Å². The summed E-state index contributed by atoms with van der Waals surface area (Å²) in [5.41, 5.74) is 1.15. The summed E-state index contributed by atoms with van der Waals surface area (Å²) in [5, 5.41) is 2.77. The molecule has 7 heteroatoms. The average Bonchev–Trinajstić information content (AvgIpc) is 2.98. The van der Waals surface area contributed by atoms with Crippen LogP contribution in [0.15, 0.2) is 24.3 Å². The van der Waals surface area contributed by atoms with Gasteiger partial charge in [-0.2, -0.15) is 0 Å². The second-order valence-corrected chi connectivity index (χ2v) is 7.68. The first-order valence-corrected chi connectivity index (χ1v) is 10.5. The first-order chi connectivity index (χ1) is 14.0. The van der Waals surface area contributed by atoms with Gasteiger partial charge in [-0.05, 0) is 51.0 Å². The van der Waals surface area contributed by atoms with Crippen molar-refractivity contribution < 1.29 is 19.2 Å². The van der Waals surface area contributed by atoms with Gasteiger partial charge in [0, 0.05) is 37.3 Å². The van der Waals surface area contributed by atoms with E-state index in [4.69, 9.17) is 0 Å². The lowest BCUT2D eigenvalue weighted by Gasteiger charge is -2.19. The molecule has 1 aliphatic heterocycles. The zero-order chi connectivity index (χ0) is 21.0. The van der Waals surface area contributed by atoms with Crippen molar-refractivity contribution >= 4 is 29.3 Å². The Morgan fingerprint density at radius 1 is 1.00 bits per heavy atom. The Labute approximate surface area is 171 Å². The van der Waals surface area contributed by atoms with E-state index in [1.54, 1.807) is 29.2 Å². The first-order valence-electron chi connectivity index (χ1n) is 10.5. The van der Waals surface area contributed by atoms with Crippen molar-refractivity contribution in [3.05, 3.63) is 29.8 Å². The Balaban J connectivity index is 1.53. The number of fused-ring (bicyclic) bond motifs is 1. The minimum Gasteiger partial charge on any atom is -0.339 e. The van der Waals surface area contributed by atoms with Crippen LogP contribution in [0.25, 0.3) is 0 Å².